The summed E-state index contributed by atoms with van der Waals surface area (Å²) in [7, 11) is 0. The summed E-state index contributed by atoms with van der Waals surface area (Å²) < 4.78 is 5.25. The highest BCUT2D eigenvalue weighted by Crippen LogP contribution is 2.45. The SMILES string of the molecule is CCOC(=O)[C@H]1CCCN(c2nc(N)c3c(N)nc4c(c3c2C#N)CC(=O)N4[C@@H]2CCC[C@H](C)[C@@H]2C)C1. The molecule has 1 saturated heterocycles. The topological polar surface area (TPSA) is 151 Å². The third-order valence-electron chi connectivity index (χ3n) is 8.53. The largest absolute Gasteiger partial charge is 0.466 e. The van der Waals surface area contributed by atoms with Crippen molar-refractivity contribution in [3.05, 3.63) is 11.1 Å². The predicted octanol–water partition coefficient (Wildman–Crippen LogP) is 3.16. The molecule has 2 aromatic heterocycles. The van der Waals surface area contributed by atoms with Gasteiger partial charge in [-0.15, -0.1) is 0 Å². The van der Waals surface area contributed by atoms with Crippen LogP contribution in [0.2, 0.25) is 0 Å². The first-order valence-corrected chi connectivity index (χ1v) is 13.3. The van der Waals surface area contributed by atoms with Crippen LogP contribution < -0.4 is 21.3 Å². The molecule has 0 aromatic carbocycles. The maximum absolute atomic E-state index is 13.4. The Bertz CT molecular complexity index is 1300. The van der Waals surface area contributed by atoms with E-state index in [-0.39, 0.29) is 41.9 Å². The van der Waals surface area contributed by atoms with Gasteiger partial charge in [0.25, 0.3) is 0 Å². The summed E-state index contributed by atoms with van der Waals surface area (Å²) in [6, 6.07) is 2.37. The minimum Gasteiger partial charge on any atom is -0.466 e. The van der Waals surface area contributed by atoms with Gasteiger partial charge in [-0.25, -0.2) is 9.97 Å². The second-order valence-electron chi connectivity index (χ2n) is 10.7. The molecule has 10 nitrogen and oxygen atoms in total. The number of anilines is 4. The van der Waals surface area contributed by atoms with Gasteiger partial charge in [0.05, 0.1) is 24.3 Å². The number of hydrogen-bond acceptors (Lipinski definition) is 9. The molecule has 0 radical (unpaired) electrons. The van der Waals surface area contributed by atoms with Gasteiger partial charge in [0.15, 0.2) is 0 Å². The molecule has 1 aliphatic carbocycles. The van der Waals surface area contributed by atoms with Gasteiger partial charge in [0.1, 0.15) is 34.9 Å². The number of pyridine rings is 2. The Morgan fingerprint density at radius 3 is 2.54 bits per heavy atom. The molecule has 37 heavy (non-hydrogen) atoms. The number of amides is 1. The molecule has 10 heteroatoms. The third-order valence-corrected chi connectivity index (χ3v) is 8.53. The van der Waals surface area contributed by atoms with Crippen molar-refractivity contribution in [2.75, 3.05) is 41.0 Å². The van der Waals surface area contributed by atoms with E-state index in [2.05, 4.69) is 29.9 Å². The molecule has 4 heterocycles. The summed E-state index contributed by atoms with van der Waals surface area (Å²) in [6.45, 7) is 7.55. The standard InChI is InChI=1S/C27H35N7O3/c1-4-37-27(36)16-8-6-10-33(13-16)25-18(12-28)21-17-11-20(35)34(19-9-5-7-14(2)15(19)3)26(17)32-24(30)22(21)23(29)31-25/h14-16,19H,4-11,13H2,1-3H3,(H2,29,31)(H2,30,32)/t14-,15-,16-,19+/m0/s1. The maximum Gasteiger partial charge on any atom is 0.310 e. The second-order valence-corrected chi connectivity index (χ2v) is 10.7. The molecule has 1 saturated carbocycles. The summed E-state index contributed by atoms with van der Waals surface area (Å²) in [5.41, 5.74) is 13.8. The number of hydrogen-bond donors (Lipinski definition) is 2. The van der Waals surface area contributed by atoms with E-state index in [1.54, 1.807) is 6.92 Å². The van der Waals surface area contributed by atoms with Crippen molar-refractivity contribution in [1.82, 2.24) is 9.97 Å². The smallest absolute Gasteiger partial charge is 0.310 e. The average Bonchev–Trinajstić information content (AvgIpc) is 3.21. The van der Waals surface area contributed by atoms with Crippen molar-refractivity contribution >= 4 is 45.9 Å². The quantitative estimate of drug-likeness (QED) is 0.597. The van der Waals surface area contributed by atoms with Crippen molar-refractivity contribution in [2.45, 2.75) is 65.3 Å². The Balaban J connectivity index is 1.64. The van der Waals surface area contributed by atoms with Gasteiger partial charge < -0.3 is 21.1 Å². The third kappa shape index (κ3) is 4.10. The number of rotatable bonds is 4. The Kier molecular flexibility index (Phi) is 6.56. The van der Waals surface area contributed by atoms with Gasteiger partial charge in [0.2, 0.25) is 5.91 Å². The van der Waals surface area contributed by atoms with Gasteiger partial charge in [-0.05, 0) is 38.0 Å². The number of nitrogens with two attached hydrogens (primary N) is 2. The van der Waals surface area contributed by atoms with Crippen molar-refractivity contribution < 1.29 is 14.3 Å². The van der Waals surface area contributed by atoms with Gasteiger partial charge in [-0.3, -0.25) is 14.5 Å². The Morgan fingerprint density at radius 1 is 1.11 bits per heavy atom. The van der Waals surface area contributed by atoms with Crippen LogP contribution in [0.1, 0.15) is 64.0 Å². The Hall–Kier alpha value is -3.61. The van der Waals surface area contributed by atoms with Crippen molar-refractivity contribution in [2.24, 2.45) is 17.8 Å². The van der Waals surface area contributed by atoms with Crippen LogP contribution in [0.25, 0.3) is 10.8 Å². The fourth-order valence-electron chi connectivity index (χ4n) is 6.44. The van der Waals surface area contributed by atoms with E-state index in [0.717, 1.165) is 25.7 Å². The van der Waals surface area contributed by atoms with Crippen molar-refractivity contribution in [3.63, 3.8) is 0 Å². The number of fused-ring (bicyclic) bond motifs is 3. The second kappa shape index (κ2) is 9.69. The summed E-state index contributed by atoms with van der Waals surface area (Å²) in [5, 5.41) is 11.3. The molecule has 2 aromatic rings. The van der Waals surface area contributed by atoms with Crippen LogP contribution >= 0.6 is 0 Å². The predicted molar refractivity (Wildman–Crippen MR) is 142 cm³/mol. The van der Waals surface area contributed by atoms with Gasteiger partial charge in [-0.2, -0.15) is 5.26 Å². The molecular formula is C27H35N7O3. The van der Waals surface area contributed by atoms with Gasteiger partial charge in [-0.1, -0.05) is 26.7 Å². The zero-order valence-electron chi connectivity index (χ0n) is 21.8. The molecule has 1 amide bonds. The number of nitriles is 1. The lowest BCUT2D eigenvalue weighted by atomic mass is 9.77. The number of nitrogen functional groups attached to an aromatic ring is 2. The fraction of sp³-hybridized carbons (Fsp3) is 0.593. The van der Waals surface area contributed by atoms with E-state index in [1.165, 1.54) is 0 Å². The summed E-state index contributed by atoms with van der Waals surface area (Å²) in [6.07, 6.45) is 4.72. The van der Waals surface area contributed by atoms with Crippen LogP contribution in [0.5, 0.6) is 0 Å². The number of esters is 1. The maximum atomic E-state index is 13.4. The van der Waals surface area contributed by atoms with Gasteiger partial charge in [0, 0.05) is 30.1 Å². The van der Waals surface area contributed by atoms with Crippen molar-refractivity contribution in [1.29, 1.82) is 5.26 Å². The molecule has 196 valence electrons. The number of carbonyl (C=O) groups is 2. The zero-order valence-corrected chi connectivity index (χ0v) is 21.8. The highest BCUT2D eigenvalue weighted by molar-refractivity contribution is 6.13. The minimum atomic E-state index is -0.306. The monoisotopic (exact) mass is 505 g/mol. The summed E-state index contributed by atoms with van der Waals surface area (Å²) in [5.74, 6) is 1.54. The first kappa shape index (κ1) is 25.1. The van der Waals surface area contributed by atoms with Crippen LogP contribution in [0, 0.1) is 29.1 Å². The first-order valence-electron chi connectivity index (χ1n) is 13.3. The molecule has 4 N–H and O–H groups in total. The molecule has 2 aliphatic heterocycles. The van der Waals surface area contributed by atoms with Crippen molar-refractivity contribution in [3.8, 4) is 6.07 Å². The Labute approximate surface area is 216 Å². The van der Waals surface area contributed by atoms with Gasteiger partial charge >= 0.3 is 5.97 Å². The average molecular weight is 506 g/mol. The Morgan fingerprint density at radius 2 is 1.84 bits per heavy atom. The van der Waals surface area contributed by atoms with E-state index in [0.29, 0.717) is 71.5 Å². The van der Waals surface area contributed by atoms with Crippen LogP contribution in [0.15, 0.2) is 0 Å². The highest BCUT2D eigenvalue weighted by Gasteiger charge is 2.42. The summed E-state index contributed by atoms with van der Waals surface area (Å²) in [4.78, 5) is 38.9. The normalized spacial score (nSPS) is 25.7. The lowest BCUT2D eigenvalue weighted by molar-refractivity contribution is -0.148. The zero-order chi connectivity index (χ0) is 26.4. The van der Waals surface area contributed by atoms with Crippen LogP contribution in [-0.4, -0.2) is 47.6 Å². The minimum absolute atomic E-state index is 0.0264. The number of ether oxygens (including phenoxy) is 1. The molecule has 3 aliphatic rings. The molecule has 5 rings (SSSR count). The van der Waals surface area contributed by atoms with Crippen LogP contribution in [0.3, 0.4) is 0 Å². The number of aromatic nitrogens is 2. The highest BCUT2D eigenvalue weighted by atomic mass is 16.5. The molecule has 0 unspecified atom stereocenters. The molecule has 0 spiro atoms. The van der Waals surface area contributed by atoms with E-state index in [9.17, 15) is 14.9 Å². The number of piperidine rings is 1. The summed E-state index contributed by atoms with van der Waals surface area (Å²) >= 11 is 0. The number of carbonyl (C=O) groups excluding carboxylic acids is 2. The molecule has 4 atom stereocenters. The molecule has 0 bridgehead atoms. The number of nitrogens with zero attached hydrogens (tertiary/aromatic N) is 5. The van der Waals surface area contributed by atoms with E-state index in [4.69, 9.17) is 16.2 Å². The van der Waals surface area contributed by atoms with Crippen LogP contribution in [0.4, 0.5) is 23.3 Å². The van der Waals surface area contributed by atoms with E-state index < -0.39 is 0 Å². The van der Waals surface area contributed by atoms with E-state index >= 15 is 0 Å². The fourth-order valence-corrected chi connectivity index (χ4v) is 6.44. The van der Waals surface area contributed by atoms with E-state index in [1.807, 2.05) is 9.80 Å². The lowest BCUT2D eigenvalue weighted by Crippen LogP contribution is -2.46. The first-order chi connectivity index (χ1) is 17.8. The molecule has 2 fully saturated rings. The lowest BCUT2D eigenvalue weighted by Gasteiger charge is -2.39. The molecular weight excluding hydrogens is 470 g/mol. The van der Waals surface area contributed by atoms with Crippen LogP contribution in [-0.2, 0) is 20.7 Å².